The minimum Gasteiger partial charge on any atom is -0.399 e. The molecule has 8 heteroatoms. The SMILES string of the molecule is Cn1ccc(-n2nnnc2-c2cc(N)cc(N)c2)n1. The summed E-state index contributed by atoms with van der Waals surface area (Å²) in [6.07, 6.45) is 1.81. The van der Waals surface area contributed by atoms with Crippen LogP contribution in [0.3, 0.4) is 0 Å². The number of hydrogen-bond acceptors (Lipinski definition) is 6. The largest absolute Gasteiger partial charge is 0.399 e. The number of nitrogens with two attached hydrogens (primary N) is 2. The van der Waals surface area contributed by atoms with Gasteiger partial charge in [-0.2, -0.15) is 9.78 Å². The normalized spacial score (nSPS) is 10.8. The number of anilines is 2. The van der Waals surface area contributed by atoms with Crippen LogP contribution in [-0.4, -0.2) is 30.0 Å². The second-order valence-electron chi connectivity index (χ2n) is 4.15. The lowest BCUT2D eigenvalue weighted by Gasteiger charge is -2.04. The molecular weight excluding hydrogens is 244 g/mol. The van der Waals surface area contributed by atoms with Crippen LogP contribution >= 0.6 is 0 Å². The van der Waals surface area contributed by atoms with Crippen LogP contribution < -0.4 is 11.5 Å². The van der Waals surface area contributed by atoms with Crippen LogP contribution in [0.15, 0.2) is 30.5 Å². The first kappa shape index (κ1) is 11.2. The second-order valence-corrected chi connectivity index (χ2v) is 4.15. The van der Waals surface area contributed by atoms with E-state index in [-0.39, 0.29) is 0 Å². The summed E-state index contributed by atoms with van der Waals surface area (Å²) in [5.74, 6) is 1.17. The van der Waals surface area contributed by atoms with Crippen molar-refractivity contribution in [3.63, 3.8) is 0 Å². The molecule has 0 amide bonds. The van der Waals surface area contributed by atoms with Gasteiger partial charge in [0.05, 0.1) is 0 Å². The molecule has 0 aliphatic heterocycles. The Bertz CT molecular complexity index is 706. The Morgan fingerprint density at radius 2 is 1.84 bits per heavy atom. The van der Waals surface area contributed by atoms with Crippen LogP contribution in [-0.2, 0) is 7.05 Å². The van der Waals surface area contributed by atoms with Gasteiger partial charge in [-0.1, -0.05) is 0 Å². The number of benzene rings is 1. The van der Waals surface area contributed by atoms with Crippen LogP contribution in [0.25, 0.3) is 17.2 Å². The number of nitrogens with zero attached hydrogens (tertiary/aromatic N) is 6. The fraction of sp³-hybridized carbons (Fsp3) is 0.0909. The highest BCUT2D eigenvalue weighted by Crippen LogP contribution is 2.23. The zero-order valence-electron chi connectivity index (χ0n) is 10.2. The molecule has 19 heavy (non-hydrogen) atoms. The average molecular weight is 256 g/mol. The lowest BCUT2D eigenvalue weighted by molar-refractivity contribution is 0.715. The molecule has 0 bridgehead atoms. The van der Waals surface area contributed by atoms with E-state index in [1.807, 2.05) is 19.3 Å². The highest BCUT2D eigenvalue weighted by Gasteiger charge is 2.13. The first-order chi connectivity index (χ1) is 9.13. The fourth-order valence-electron chi connectivity index (χ4n) is 1.84. The molecule has 3 aromatic rings. The molecule has 96 valence electrons. The van der Waals surface area contributed by atoms with Gasteiger partial charge in [0.15, 0.2) is 11.6 Å². The van der Waals surface area contributed by atoms with Gasteiger partial charge in [-0.3, -0.25) is 4.68 Å². The molecule has 0 aliphatic rings. The van der Waals surface area contributed by atoms with E-state index in [1.165, 1.54) is 4.68 Å². The lowest BCUT2D eigenvalue weighted by Crippen LogP contribution is -2.02. The molecule has 0 saturated heterocycles. The summed E-state index contributed by atoms with van der Waals surface area (Å²) >= 11 is 0. The summed E-state index contributed by atoms with van der Waals surface area (Å²) in [4.78, 5) is 0. The third kappa shape index (κ3) is 1.99. The highest BCUT2D eigenvalue weighted by atomic mass is 15.6. The molecule has 0 fully saturated rings. The maximum absolute atomic E-state index is 5.78. The molecule has 1 aromatic carbocycles. The predicted octanol–water partition coefficient (Wildman–Crippen LogP) is 0.227. The van der Waals surface area contributed by atoms with E-state index in [4.69, 9.17) is 11.5 Å². The Balaban J connectivity index is 2.14. The van der Waals surface area contributed by atoms with E-state index in [9.17, 15) is 0 Å². The Hall–Kier alpha value is -2.90. The second kappa shape index (κ2) is 4.09. The Morgan fingerprint density at radius 1 is 1.11 bits per heavy atom. The van der Waals surface area contributed by atoms with E-state index in [0.717, 1.165) is 5.56 Å². The molecule has 0 aliphatic carbocycles. The van der Waals surface area contributed by atoms with Crippen molar-refractivity contribution in [2.45, 2.75) is 0 Å². The van der Waals surface area contributed by atoms with Gasteiger partial charge in [-0.05, 0) is 28.6 Å². The summed E-state index contributed by atoms with van der Waals surface area (Å²) < 4.78 is 3.21. The van der Waals surface area contributed by atoms with Crippen LogP contribution in [0.1, 0.15) is 0 Å². The van der Waals surface area contributed by atoms with E-state index in [2.05, 4.69) is 20.6 Å². The van der Waals surface area contributed by atoms with Gasteiger partial charge in [0.2, 0.25) is 0 Å². The van der Waals surface area contributed by atoms with Gasteiger partial charge in [0.25, 0.3) is 0 Å². The Morgan fingerprint density at radius 3 is 2.47 bits per heavy atom. The molecule has 8 nitrogen and oxygen atoms in total. The van der Waals surface area contributed by atoms with Gasteiger partial charge in [-0.25, -0.2) is 0 Å². The predicted molar refractivity (Wildman–Crippen MR) is 70.2 cm³/mol. The van der Waals surface area contributed by atoms with Crippen molar-refractivity contribution in [3.05, 3.63) is 30.5 Å². The Kier molecular flexibility index (Phi) is 2.41. The average Bonchev–Trinajstić information content (AvgIpc) is 2.95. The van der Waals surface area contributed by atoms with Gasteiger partial charge in [-0.15, -0.1) is 5.10 Å². The zero-order valence-corrected chi connectivity index (χ0v) is 10.2. The van der Waals surface area contributed by atoms with E-state index in [1.54, 1.807) is 22.9 Å². The van der Waals surface area contributed by atoms with E-state index >= 15 is 0 Å². The number of tetrazole rings is 1. The van der Waals surface area contributed by atoms with Crippen LogP contribution in [0.5, 0.6) is 0 Å². The van der Waals surface area contributed by atoms with Crippen molar-refractivity contribution < 1.29 is 0 Å². The van der Waals surface area contributed by atoms with Gasteiger partial charge in [0, 0.05) is 36.2 Å². The number of nitrogen functional groups attached to an aromatic ring is 2. The molecule has 3 rings (SSSR count). The third-order valence-corrected chi connectivity index (χ3v) is 2.62. The van der Waals surface area contributed by atoms with Gasteiger partial charge < -0.3 is 11.5 Å². The fourth-order valence-corrected chi connectivity index (χ4v) is 1.84. The molecular formula is C11H12N8. The van der Waals surface area contributed by atoms with Crippen molar-refractivity contribution in [2.24, 2.45) is 7.05 Å². The van der Waals surface area contributed by atoms with Crippen LogP contribution in [0.4, 0.5) is 11.4 Å². The van der Waals surface area contributed by atoms with Gasteiger partial charge >= 0.3 is 0 Å². The van der Waals surface area contributed by atoms with Crippen molar-refractivity contribution >= 4 is 11.4 Å². The van der Waals surface area contributed by atoms with Crippen molar-refractivity contribution in [1.82, 2.24) is 30.0 Å². The van der Waals surface area contributed by atoms with Crippen LogP contribution in [0.2, 0.25) is 0 Å². The van der Waals surface area contributed by atoms with Crippen LogP contribution in [0, 0.1) is 0 Å². The van der Waals surface area contributed by atoms with Crippen molar-refractivity contribution in [3.8, 4) is 17.2 Å². The highest BCUT2D eigenvalue weighted by molar-refractivity contribution is 5.68. The molecule has 4 N–H and O–H groups in total. The summed E-state index contributed by atoms with van der Waals surface area (Å²) in [6, 6.07) is 7.02. The smallest absolute Gasteiger partial charge is 0.189 e. The maximum Gasteiger partial charge on any atom is 0.189 e. The quantitative estimate of drug-likeness (QED) is 0.634. The molecule has 2 heterocycles. The molecule has 0 atom stereocenters. The zero-order chi connectivity index (χ0) is 13.4. The minimum absolute atomic E-state index is 0.540. The van der Waals surface area contributed by atoms with Crippen molar-refractivity contribution in [2.75, 3.05) is 11.5 Å². The molecule has 0 radical (unpaired) electrons. The topological polar surface area (TPSA) is 113 Å². The summed E-state index contributed by atoms with van der Waals surface area (Å²) in [6.45, 7) is 0. The summed E-state index contributed by atoms with van der Waals surface area (Å²) in [7, 11) is 1.83. The minimum atomic E-state index is 0.540. The molecule has 2 aromatic heterocycles. The summed E-state index contributed by atoms with van der Waals surface area (Å²) in [5, 5.41) is 15.9. The van der Waals surface area contributed by atoms with E-state index < -0.39 is 0 Å². The van der Waals surface area contributed by atoms with Gasteiger partial charge in [0.1, 0.15) is 0 Å². The number of rotatable bonds is 2. The number of aryl methyl sites for hydroxylation is 1. The third-order valence-electron chi connectivity index (χ3n) is 2.62. The Labute approximate surface area is 108 Å². The first-order valence-electron chi connectivity index (χ1n) is 5.58. The van der Waals surface area contributed by atoms with Crippen molar-refractivity contribution in [1.29, 1.82) is 0 Å². The summed E-state index contributed by atoms with van der Waals surface area (Å²) in [5.41, 5.74) is 13.4. The molecule has 0 saturated carbocycles. The molecule has 0 spiro atoms. The number of aromatic nitrogens is 6. The lowest BCUT2D eigenvalue weighted by atomic mass is 10.1. The number of hydrogen-bond donors (Lipinski definition) is 2. The maximum atomic E-state index is 5.78. The standard InChI is InChI=1S/C11H12N8/c1-18-3-2-10(15-18)19-11(14-16-17-19)7-4-8(12)6-9(13)5-7/h2-6H,12-13H2,1H3. The van der Waals surface area contributed by atoms with E-state index in [0.29, 0.717) is 23.0 Å². The monoisotopic (exact) mass is 256 g/mol. The molecule has 0 unspecified atom stereocenters. The first-order valence-corrected chi connectivity index (χ1v) is 5.58.